The molecule has 85 heavy (non-hydrogen) atoms. The van der Waals surface area contributed by atoms with E-state index in [1.165, 1.54) is 186 Å². The molecular weight excluding hydrogens is 1060 g/mol. The molecule has 0 bridgehead atoms. The van der Waals surface area contributed by atoms with Crippen LogP contribution in [-0.4, -0.2) is 99.6 Å². The smallest absolute Gasteiger partial charge is 0.306 e. The topological polar surface area (TPSA) is 175 Å². The lowest BCUT2D eigenvalue weighted by molar-refractivity contribution is -0.305. The van der Waals surface area contributed by atoms with Crippen molar-refractivity contribution in [3.05, 3.63) is 85.1 Å². The molecular formula is C74H131NO10. The molecule has 1 rings (SSSR count). The molecule has 0 aromatic carbocycles. The lowest BCUT2D eigenvalue weighted by atomic mass is 9.99. The first kappa shape index (κ1) is 79.9. The van der Waals surface area contributed by atoms with Gasteiger partial charge in [-0.3, -0.25) is 9.59 Å². The molecule has 8 atom stereocenters. The second-order valence-corrected chi connectivity index (χ2v) is 24.3. The van der Waals surface area contributed by atoms with Crippen LogP contribution in [0.25, 0.3) is 0 Å². The van der Waals surface area contributed by atoms with Crippen LogP contribution in [0.4, 0.5) is 0 Å². The summed E-state index contributed by atoms with van der Waals surface area (Å²) in [5.74, 6) is -1.28. The zero-order valence-corrected chi connectivity index (χ0v) is 54.7. The minimum atomic E-state index is -1.63. The number of hydrogen-bond acceptors (Lipinski definition) is 10. The van der Waals surface area contributed by atoms with Gasteiger partial charge in [0.05, 0.1) is 25.4 Å². The number of carbonyl (C=O) groups is 2. The van der Waals surface area contributed by atoms with Crippen molar-refractivity contribution < 1.29 is 49.3 Å². The minimum Gasteiger partial charge on any atom is -0.454 e. The molecule has 11 heteroatoms. The largest absolute Gasteiger partial charge is 0.454 e. The highest BCUT2D eigenvalue weighted by molar-refractivity contribution is 5.81. The number of hydrogen-bond donors (Lipinski definition) is 6. The summed E-state index contributed by atoms with van der Waals surface area (Å²) in [6.07, 6.45) is 70.8. The van der Waals surface area contributed by atoms with E-state index in [0.717, 1.165) is 77.0 Å². The van der Waals surface area contributed by atoms with E-state index in [9.17, 15) is 35.1 Å². The van der Waals surface area contributed by atoms with Crippen molar-refractivity contribution in [2.24, 2.45) is 0 Å². The quantitative estimate of drug-likeness (QED) is 0.0195. The van der Waals surface area contributed by atoms with E-state index in [0.29, 0.717) is 12.8 Å². The predicted octanol–water partition coefficient (Wildman–Crippen LogP) is 18.1. The zero-order chi connectivity index (χ0) is 61.7. The van der Waals surface area contributed by atoms with E-state index < -0.39 is 67.4 Å². The van der Waals surface area contributed by atoms with Crippen LogP contribution < -0.4 is 5.32 Å². The number of allylic oxidation sites excluding steroid dienone is 12. The molecule has 0 radical (unpaired) electrons. The molecule has 1 fully saturated rings. The highest BCUT2D eigenvalue weighted by Gasteiger charge is 2.47. The van der Waals surface area contributed by atoms with E-state index >= 15 is 0 Å². The van der Waals surface area contributed by atoms with Crippen LogP contribution in [0.5, 0.6) is 0 Å². The minimum absolute atomic E-state index is 0.0561. The second kappa shape index (κ2) is 61.1. The first-order valence-corrected chi connectivity index (χ1v) is 35.4. The molecule has 0 aromatic heterocycles. The Kier molecular flexibility index (Phi) is 57.4. The van der Waals surface area contributed by atoms with Gasteiger partial charge >= 0.3 is 5.97 Å². The monoisotopic (exact) mass is 1190 g/mol. The maximum Gasteiger partial charge on any atom is 0.306 e. The van der Waals surface area contributed by atoms with Gasteiger partial charge in [0.25, 0.3) is 0 Å². The number of aliphatic hydroxyl groups is 5. The van der Waals surface area contributed by atoms with Crippen LogP contribution in [0.1, 0.15) is 310 Å². The zero-order valence-electron chi connectivity index (χ0n) is 54.7. The number of carbonyl (C=O) groups excluding carboxylic acids is 2. The summed E-state index contributed by atoms with van der Waals surface area (Å²) in [4.78, 5) is 26.6. The van der Waals surface area contributed by atoms with Crippen molar-refractivity contribution in [1.29, 1.82) is 0 Å². The molecule has 1 heterocycles. The molecule has 11 nitrogen and oxygen atoms in total. The standard InChI is InChI=1S/C74H131NO10/c1-4-7-10-13-16-19-22-25-27-29-31-32-33-34-35-36-37-39-41-44-47-50-53-56-59-62-69(79)85-72-71(81)70(80)68(63-76)84-74(72)83-64-65(66(77)60-57-54-51-48-45-42-24-21-18-15-12-9-6-3)75-73(82)67(78)61-58-55-52-49-46-43-40-38-30-28-26-23-20-17-14-11-8-5-2/h8,11,17,20,26,28,38,40,46,49,55,57-58,60,65-68,70-72,74,76-78,80-81H,4-7,9-10,12-16,18-19,21-25,27,29-37,39,41-45,47-48,50-54,56,59,61-64H2,1-3H3,(H,75,82)/b11-8-,20-17-,28-26-,40-38-,49-46-,58-55-,60-57+. The van der Waals surface area contributed by atoms with Crippen LogP contribution in [0, 0.1) is 0 Å². The summed E-state index contributed by atoms with van der Waals surface area (Å²) >= 11 is 0. The van der Waals surface area contributed by atoms with Gasteiger partial charge in [-0.1, -0.05) is 324 Å². The number of unbranched alkanes of at least 4 members (excludes halogenated alkanes) is 35. The predicted molar refractivity (Wildman–Crippen MR) is 356 cm³/mol. The van der Waals surface area contributed by atoms with Crippen LogP contribution in [-0.2, 0) is 23.8 Å². The normalized spacial score (nSPS) is 18.9. The fourth-order valence-corrected chi connectivity index (χ4v) is 10.8. The number of amides is 1. The number of nitrogens with one attached hydrogen (secondary N) is 1. The maximum atomic E-state index is 13.4. The average Bonchev–Trinajstić information content (AvgIpc) is 3.21. The molecule has 0 spiro atoms. The van der Waals surface area contributed by atoms with Gasteiger partial charge in [-0.25, -0.2) is 0 Å². The average molecular weight is 1190 g/mol. The van der Waals surface area contributed by atoms with Crippen molar-refractivity contribution in [2.45, 2.75) is 359 Å². The molecule has 1 amide bonds. The van der Waals surface area contributed by atoms with Gasteiger partial charge in [-0.15, -0.1) is 0 Å². The molecule has 1 aliphatic rings. The molecule has 0 aromatic rings. The van der Waals surface area contributed by atoms with Gasteiger partial charge in [-0.05, 0) is 57.8 Å². The molecule has 492 valence electrons. The summed E-state index contributed by atoms with van der Waals surface area (Å²) in [7, 11) is 0. The summed E-state index contributed by atoms with van der Waals surface area (Å²) in [6, 6.07) is -1.07. The first-order valence-electron chi connectivity index (χ1n) is 35.4. The van der Waals surface area contributed by atoms with E-state index in [4.69, 9.17) is 14.2 Å². The van der Waals surface area contributed by atoms with Gasteiger partial charge in [-0.2, -0.15) is 0 Å². The van der Waals surface area contributed by atoms with E-state index in [1.807, 2.05) is 18.2 Å². The van der Waals surface area contributed by atoms with Crippen molar-refractivity contribution in [3.63, 3.8) is 0 Å². The third-order valence-corrected chi connectivity index (χ3v) is 16.3. The number of rotatable bonds is 60. The van der Waals surface area contributed by atoms with Crippen molar-refractivity contribution in [2.75, 3.05) is 13.2 Å². The summed E-state index contributed by atoms with van der Waals surface area (Å²) in [5.41, 5.74) is 0. The highest BCUT2D eigenvalue weighted by atomic mass is 16.7. The van der Waals surface area contributed by atoms with Crippen molar-refractivity contribution >= 4 is 11.9 Å². The Balaban J connectivity index is 2.61. The van der Waals surface area contributed by atoms with Crippen LogP contribution in [0.2, 0.25) is 0 Å². The summed E-state index contributed by atoms with van der Waals surface area (Å²) < 4.78 is 17.7. The first-order chi connectivity index (χ1) is 41.7. The van der Waals surface area contributed by atoms with E-state index in [2.05, 4.69) is 80.8 Å². The molecule has 6 N–H and O–H groups in total. The fraction of sp³-hybridized carbons (Fsp3) is 0.784. The van der Waals surface area contributed by atoms with Crippen LogP contribution in [0.3, 0.4) is 0 Å². The molecule has 1 aliphatic heterocycles. The highest BCUT2D eigenvalue weighted by Crippen LogP contribution is 2.26. The SMILES string of the molecule is CC/C=C\C/C=C\C/C=C\C/C=C\C/C=C\C/C=C\CC(O)C(=O)NC(COC1OC(CO)C(O)C(O)C1OC(=O)CCCCCCCCCCCCCCCCCCCCCCCCCCC)C(O)/C=C/CCCCCCCCCCCCC. The van der Waals surface area contributed by atoms with Crippen LogP contribution >= 0.6 is 0 Å². The molecule has 0 aliphatic carbocycles. The van der Waals surface area contributed by atoms with Crippen LogP contribution in [0.15, 0.2) is 85.1 Å². The van der Waals surface area contributed by atoms with Gasteiger partial charge in [0.1, 0.15) is 24.4 Å². The van der Waals surface area contributed by atoms with E-state index in [-0.39, 0.29) is 19.4 Å². The summed E-state index contributed by atoms with van der Waals surface area (Å²) in [6.45, 7) is 5.67. The Morgan fingerprint density at radius 3 is 1.22 bits per heavy atom. The third-order valence-electron chi connectivity index (χ3n) is 16.3. The van der Waals surface area contributed by atoms with Crippen molar-refractivity contribution in [3.8, 4) is 0 Å². The van der Waals surface area contributed by atoms with E-state index in [1.54, 1.807) is 12.2 Å². The second-order valence-electron chi connectivity index (χ2n) is 24.3. The Labute approximate surface area is 521 Å². The van der Waals surface area contributed by atoms with Gasteiger partial charge in [0.15, 0.2) is 12.4 Å². The van der Waals surface area contributed by atoms with Gasteiger partial charge < -0.3 is 45.1 Å². The van der Waals surface area contributed by atoms with Gasteiger partial charge in [0.2, 0.25) is 5.91 Å². The third kappa shape index (κ3) is 48.4. The Bertz CT molecular complexity index is 1710. The number of aliphatic hydroxyl groups excluding tert-OH is 5. The molecule has 1 saturated heterocycles. The Morgan fingerprint density at radius 1 is 0.471 bits per heavy atom. The number of ether oxygens (including phenoxy) is 3. The molecule has 8 unspecified atom stereocenters. The Hall–Kier alpha value is -3.16. The van der Waals surface area contributed by atoms with Crippen molar-refractivity contribution in [1.82, 2.24) is 5.32 Å². The number of esters is 1. The molecule has 0 saturated carbocycles. The fourth-order valence-electron chi connectivity index (χ4n) is 10.8. The lowest BCUT2D eigenvalue weighted by Gasteiger charge is -2.41. The maximum absolute atomic E-state index is 13.4. The van der Waals surface area contributed by atoms with Gasteiger partial charge in [0, 0.05) is 12.8 Å². The lowest BCUT2D eigenvalue weighted by Crippen LogP contribution is -2.61. The summed E-state index contributed by atoms with van der Waals surface area (Å²) in [5, 5.41) is 57.1. The Morgan fingerprint density at radius 2 is 0.835 bits per heavy atom.